The quantitative estimate of drug-likeness (QED) is 0.786. The van der Waals surface area contributed by atoms with Gasteiger partial charge >= 0.3 is 0 Å². The summed E-state index contributed by atoms with van der Waals surface area (Å²) in [6.45, 7) is 0. The lowest BCUT2D eigenvalue weighted by Gasteiger charge is -2.12. The van der Waals surface area contributed by atoms with E-state index in [9.17, 15) is 0 Å². The molecule has 0 radical (unpaired) electrons. The zero-order valence-corrected chi connectivity index (χ0v) is 12.5. The molecule has 3 rings (SSSR count). The minimum Gasteiger partial charge on any atom is -0.310 e. The Morgan fingerprint density at radius 2 is 1.86 bits per heavy atom. The maximum atomic E-state index is 4.72. The summed E-state index contributed by atoms with van der Waals surface area (Å²) in [7, 11) is 1.92. The van der Waals surface area contributed by atoms with Crippen molar-refractivity contribution in [2.24, 2.45) is 0 Å². The van der Waals surface area contributed by atoms with Crippen LogP contribution in [0.4, 0.5) is 0 Å². The Kier molecular flexibility index (Phi) is 4.33. The highest BCUT2D eigenvalue weighted by molar-refractivity contribution is 7.09. The number of nitrogens with zero attached hydrogens (tertiary/aromatic N) is 3. The molecule has 21 heavy (non-hydrogen) atoms. The fraction of sp³-hybridized carbons (Fsp3) is 0.188. The second-order valence-electron chi connectivity index (χ2n) is 4.64. The second-order valence-corrected chi connectivity index (χ2v) is 5.59. The van der Waals surface area contributed by atoms with E-state index in [1.807, 2.05) is 31.3 Å². The number of rotatable bonds is 5. The van der Waals surface area contributed by atoms with Gasteiger partial charge in [0.15, 0.2) is 0 Å². The van der Waals surface area contributed by atoms with Crippen molar-refractivity contribution in [3.05, 3.63) is 65.0 Å². The van der Waals surface area contributed by atoms with Crippen LogP contribution in [0.5, 0.6) is 0 Å². The molecule has 0 aliphatic heterocycles. The van der Waals surface area contributed by atoms with Crippen molar-refractivity contribution in [2.45, 2.75) is 12.5 Å². The number of thiazole rings is 1. The molecule has 2 heterocycles. The third-order valence-corrected chi connectivity index (χ3v) is 4.12. The van der Waals surface area contributed by atoms with Gasteiger partial charge in [0.25, 0.3) is 0 Å². The van der Waals surface area contributed by atoms with Crippen molar-refractivity contribution in [3.63, 3.8) is 0 Å². The number of nitrogens with one attached hydrogen (secondary N) is 1. The number of aromatic nitrogens is 3. The number of likely N-dealkylation sites (N-methyl/N-ethyl adjacent to an activating group) is 1. The van der Waals surface area contributed by atoms with E-state index in [1.54, 1.807) is 23.7 Å². The molecular weight excluding hydrogens is 280 g/mol. The largest absolute Gasteiger partial charge is 0.310 e. The van der Waals surface area contributed by atoms with Crippen LogP contribution in [-0.4, -0.2) is 22.0 Å². The van der Waals surface area contributed by atoms with E-state index in [2.05, 4.69) is 32.8 Å². The minimum atomic E-state index is 0.0842. The van der Waals surface area contributed by atoms with Crippen LogP contribution in [0.1, 0.15) is 16.9 Å². The summed E-state index contributed by atoms with van der Waals surface area (Å²) in [4.78, 5) is 13.3. The summed E-state index contributed by atoms with van der Waals surface area (Å²) in [5.74, 6) is 0.802. The lowest BCUT2D eigenvalue weighted by atomic mass is 10.2. The summed E-state index contributed by atoms with van der Waals surface area (Å²) in [5.41, 5.74) is 2.18. The summed E-state index contributed by atoms with van der Waals surface area (Å²) >= 11 is 1.68. The van der Waals surface area contributed by atoms with Gasteiger partial charge in [0.05, 0.1) is 16.7 Å². The van der Waals surface area contributed by atoms with Gasteiger partial charge in [-0.3, -0.25) is 0 Å². The molecule has 0 aliphatic carbocycles. The van der Waals surface area contributed by atoms with Crippen molar-refractivity contribution in [2.75, 3.05) is 7.05 Å². The molecule has 4 nitrogen and oxygen atoms in total. The Morgan fingerprint density at radius 1 is 1.10 bits per heavy atom. The van der Waals surface area contributed by atoms with Crippen molar-refractivity contribution in [1.82, 2.24) is 20.3 Å². The molecular formula is C16H16N4S. The van der Waals surface area contributed by atoms with Gasteiger partial charge in [0, 0.05) is 29.8 Å². The summed E-state index contributed by atoms with van der Waals surface area (Å²) in [5, 5.41) is 6.44. The molecule has 0 aliphatic rings. The maximum absolute atomic E-state index is 4.72. The smallest absolute Gasteiger partial charge is 0.145 e. The molecule has 5 heteroatoms. The van der Waals surface area contributed by atoms with Crippen molar-refractivity contribution >= 4 is 11.3 Å². The monoisotopic (exact) mass is 296 g/mol. The van der Waals surface area contributed by atoms with Crippen LogP contribution in [0.3, 0.4) is 0 Å². The molecule has 0 saturated heterocycles. The van der Waals surface area contributed by atoms with Crippen LogP contribution >= 0.6 is 11.3 Å². The van der Waals surface area contributed by atoms with Gasteiger partial charge in [0.2, 0.25) is 0 Å². The Morgan fingerprint density at radius 3 is 2.57 bits per heavy atom. The Labute approximate surface area is 127 Å². The van der Waals surface area contributed by atoms with E-state index in [4.69, 9.17) is 4.98 Å². The zero-order chi connectivity index (χ0) is 14.5. The molecule has 0 saturated carbocycles. The van der Waals surface area contributed by atoms with Crippen molar-refractivity contribution in [3.8, 4) is 11.3 Å². The Hall–Kier alpha value is -2.11. The molecule has 0 amide bonds. The number of hydrogen-bond acceptors (Lipinski definition) is 5. The Bertz CT molecular complexity index is 682. The van der Waals surface area contributed by atoms with E-state index in [0.717, 1.165) is 28.5 Å². The van der Waals surface area contributed by atoms with Crippen LogP contribution in [0, 0.1) is 0 Å². The zero-order valence-electron chi connectivity index (χ0n) is 11.7. The third-order valence-electron chi connectivity index (χ3n) is 3.25. The van der Waals surface area contributed by atoms with Crippen LogP contribution in [0.25, 0.3) is 11.3 Å². The molecule has 0 bridgehead atoms. The van der Waals surface area contributed by atoms with E-state index in [1.165, 1.54) is 0 Å². The SMILES string of the molecule is CNC(Cc1nc(-c2ccccc2)cs1)c1ncccn1. The Balaban J connectivity index is 1.78. The minimum absolute atomic E-state index is 0.0842. The van der Waals surface area contributed by atoms with Crippen LogP contribution < -0.4 is 5.32 Å². The molecule has 1 atom stereocenters. The normalized spacial score (nSPS) is 12.2. The van der Waals surface area contributed by atoms with Crippen LogP contribution in [0.2, 0.25) is 0 Å². The fourth-order valence-electron chi connectivity index (χ4n) is 2.13. The van der Waals surface area contributed by atoms with Gasteiger partial charge in [-0.1, -0.05) is 30.3 Å². The highest BCUT2D eigenvalue weighted by atomic mass is 32.1. The van der Waals surface area contributed by atoms with Crippen LogP contribution in [0.15, 0.2) is 54.2 Å². The number of benzene rings is 1. The van der Waals surface area contributed by atoms with Gasteiger partial charge in [-0.05, 0) is 13.1 Å². The van der Waals surface area contributed by atoms with Gasteiger partial charge < -0.3 is 5.32 Å². The molecule has 0 spiro atoms. The van der Waals surface area contributed by atoms with Crippen molar-refractivity contribution < 1.29 is 0 Å². The highest BCUT2D eigenvalue weighted by Gasteiger charge is 2.15. The van der Waals surface area contributed by atoms with Gasteiger partial charge in [0.1, 0.15) is 5.82 Å². The van der Waals surface area contributed by atoms with E-state index < -0.39 is 0 Å². The van der Waals surface area contributed by atoms with Crippen LogP contribution in [-0.2, 0) is 6.42 Å². The lowest BCUT2D eigenvalue weighted by Crippen LogP contribution is -2.21. The predicted octanol–water partition coefficient (Wildman–Crippen LogP) is 3.10. The maximum Gasteiger partial charge on any atom is 0.145 e. The van der Waals surface area contributed by atoms with Gasteiger partial charge in [-0.15, -0.1) is 11.3 Å². The molecule has 3 aromatic rings. The first-order chi connectivity index (χ1) is 10.4. The predicted molar refractivity (Wildman–Crippen MR) is 85.1 cm³/mol. The first-order valence-electron chi connectivity index (χ1n) is 6.81. The van der Waals surface area contributed by atoms with E-state index in [0.29, 0.717) is 0 Å². The average Bonchev–Trinajstić information content (AvgIpc) is 3.03. The average molecular weight is 296 g/mol. The van der Waals surface area contributed by atoms with Crippen molar-refractivity contribution in [1.29, 1.82) is 0 Å². The second kappa shape index (κ2) is 6.56. The number of hydrogen-bond donors (Lipinski definition) is 1. The molecule has 1 N–H and O–H groups in total. The van der Waals surface area contributed by atoms with Gasteiger partial charge in [-0.25, -0.2) is 15.0 Å². The highest BCUT2D eigenvalue weighted by Crippen LogP contribution is 2.24. The van der Waals surface area contributed by atoms with E-state index >= 15 is 0 Å². The first-order valence-corrected chi connectivity index (χ1v) is 7.69. The summed E-state index contributed by atoms with van der Waals surface area (Å²) < 4.78 is 0. The summed E-state index contributed by atoms with van der Waals surface area (Å²) in [6.07, 6.45) is 4.33. The van der Waals surface area contributed by atoms with E-state index in [-0.39, 0.29) is 6.04 Å². The third kappa shape index (κ3) is 3.32. The topological polar surface area (TPSA) is 50.7 Å². The summed E-state index contributed by atoms with van der Waals surface area (Å²) in [6, 6.07) is 12.1. The molecule has 2 aromatic heterocycles. The van der Waals surface area contributed by atoms with Gasteiger partial charge in [-0.2, -0.15) is 0 Å². The molecule has 0 fully saturated rings. The lowest BCUT2D eigenvalue weighted by molar-refractivity contribution is 0.556. The fourth-order valence-corrected chi connectivity index (χ4v) is 2.98. The first kappa shape index (κ1) is 13.9. The molecule has 1 unspecified atom stereocenters. The molecule has 1 aromatic carbocycles. The standard InChI is InChI=1S/C16H16N4S/c1-17-13(16-18-8-5-9-19-16)10-15-20-14(11-21-15)12-6-3-2-4-7-12/h2-9,11,13,17H,10H2,1H3. The molecule has 106 valence electrons.